The number of sulfonamides is 1. The van der Waals surface area contributed by atoms with Crippen molar-refractivity contribution in [2.75, 3.05) is 14.2 Å². The Morgan fingerprint density at radius 2 is 1.86 bits per heavy atom. The summed E-state index contributed by atoms with van der Waals surface area (Å²) in [6.45, 7) is 4.21. The summed E-state index contributed by atoms with van der Waals surface area (Å²) in [6, 6.07) is 12.0. The molecule has 0 aliphatic heterocycles. The predicted molar refractivity (Wildman–Crippen MR) is 111 cm³/mol. The Bertz CT molecular complexity index is 1090. The normalized spacial score (nSPS) is 11.6. The van der Waals surface area contributed by atoms with E-state index in [1.165, 1.54) is 7.11 Å². The second-order valence-corrected chi connectivity index (χ2v) is 8.58. The van der Waals surface area contributed by atoms with Crippen LogP contribution in [-0.2, 0) is 16.6 Å². The van der Waals surface area contributed by atoms with Gasteiger partial charge in [-0.3, -0.25) is 0 Å². The fraction of sp³-hybridized carbons (Fsp3) is 0.286. The number of para-hydroxylation sites is 1. The van der Waals surface area contributed by atoms with Gasteiger partial charge in [-0.2, -0.15) is 5.10 Å². The Morgan fingerprint density at radius 1 is 1.10 bits per heavy atom. The van der Waals surface area contributed by atoms with E-state index < -0.39 is 10.0 Å². The first-order valence-corrected chi connectivity index (χ1v) is 10.7. The summed E-state index contributed by atoms with van der Waals surface area (Å²) in [5.74, 6) is 1.49. The summed E-state index contributed by atoms with van der Waals surface area (Å²) < 4.78 is 40.9. The highest BCUT2D eigenvalue weighted by atomic mass is 32.2. The number of methoxy groups -OCH3 is 2. The van der Waals surface area contributed by atoms with Crippen molar-refractivity contribution in [3.8, 4) is 17.2 Å². The first-order chi connectivity index (χ1) is 13.9. The predicted octanol–water partition coefficient (Wildman–Crippen LogP) is 3.49. The molecule has 0 fully saturated rings. The van der Waals surface area contributed by atoms with Crippen LogP contribution in [0.15, 0.2) is 59.8 Å². The second kappa shape index (κ2) is 8.67. The molecule has 0 unspecified atom stereocenters. The van der Waals surface area contributed by atoms with Gasteiger partial charge in [0.1, 0.15) is 16.4 Å². The maximum atomic E-state index is 13.0. The lowest BCUT2D eigenvalue weighted by Gasteiger charge is -2.14. The molecule has 8 heteroatoms. The van der Waals surface area contributed by atoms with Crippen LogP contribution >= 0.6 is 0 Å². The number of ether oxygens (including phenoxy) is 2. The van der Waals surface area contributed by atoms with Crippen molar-refractivity contribution in [3.05, 3.63) is 66.0 Å². The summed E-state index contributed by atoms with van der Waals surface area (Å²) in [7, 11) is -0.689. The molecule has 0 aliphatic rings. The van der Waals surface area contributed by atoms with E-state index in [0.717, 1.165) is 5.56 Å². The van der Waals surface area contributed by atoms with Crippen molar-refractivity contribution in [2.45, 2.75) is 31.2 Å². The molecule has 0 amide bonds. The fourth-order valence-corrected chi connectivity index (χ4v) is 4.08. The highest BCUT2D eigenvalue weighted by Crippen LogP contribution is 2.26. The third kappa shape index (κ3) is 4.60. The van der Waals surface area contributed by atoms with Crippen molar-refractivity contribution in [1.82, 2.24) is 14.5 Å². The molecule has 3 rings (SSSR count). The number of hydrogen-bond acceptors (Lipinski definition) is 5. The molecule has 0 bridgehead atoms. The van der Waals surface area contributed by atoms with Gasteiger partial charge in [0, 0.05) is 24.4 Å². The number of benzene rings is 2. The van der Waals surface area contributed by atoms with Crippen LogP contribution in [0.3, 0.4) is 0 Å². The van der Waals surface area contributed by atoms with Crippen LogP contribution in [0.25, 0.3) is 5.69 Å². The van der Waals surface area contributed by atoms with Crippen LogP contribution in [0.4, 0.5) is 0 Å². The van der Waals surface area contributed by atoms with Gasteiger partial charge in [0.2, 0.25) is 10.0 Å². The van der Waals surface area contributed by atoms with Crippen molar-refractivity contribution >= 4 is 10.0 Å². The lowest BCUT2D eigenvalue weighted by Crippen LogP contribution is -2.25. The van der Waals surface area contributed by atoms with Gasteiger partial charge in [-0.25, -0.2) is 17.8 Å². The summed E-state index contributed by atoms with van der Waals surface area (Å²) in [5.41, 5.74) is 2.23. The number of hydrogen-bond donors (Lipinski definition) is 1. The molecule has 0 radical (unpaired) electrons. The monoisotopic (exact) mass is 415 g/mol. The van der Waals surface area contributed by atoms with Crippen LogP contribution in [0.2, 0.25) is 0 Å². The Labute approximate surface area is 171 Å². The van der Waals surface area contributed by atoms with E-state index in [1.807, 2.05) is 6.20 Å². The molecule has 1 aromatic heterocycles. The molecule has 154 valence electrons. The minimum absolute atomic E-state index is 0.0835. The first-order valence-electron chi connectivity index (χ1n) is 9.20. The summed E-state index contributed by atoms with van der Waals surface area (Å²) in [6.07, 6.45) is 3.61. The van der Waals surface area contributed by atoms with Gasteiger partial charge in [-0.15, -0.1) is 0 Å². The Hall–Kier alpha value is -2.84. The summed E-state index contributed by atoms with van der Waals surface area (Å²) >= 11 is 0. The molecule has 0 atom stereocenters. The van der Waals surface area contributed by atoms with E-state index in [0.29, 0.717) is 28.7 Å². The third-order valence-electron chi connectivity index (χ3n) is 4.62. The van der Waals surface area contributed by atoms with Gasteiger partial charge >= 0.3 is 0 Å². The van der Waals surface area contributed by atoms with E-state index in [9.17, 15) is 8.42 Å². The number of rotatable bonds is 8. The highest BCUT2D eigenvalue weighted by molar-refractivity contribution is 7.89. The van der Waals surface area contributed by atoms with Gasteiger partial charge in [0.05, 0.1) is 26.1 Å². The van der Waals surface area contributed by atoms with E-state index in [-0.39, 0.29) is 11.4 Å². The third-order valence-corrected chi connectivity index (χ3v) is 6.07. The zero-order chi connectivity index (χ0) is 21.0. The molecule has 0 spiro atoms. The quantitative estimate of drug-likeness (QED) is 0.609. The summed E-state index contributed by atoms with van der Waals surface area (Å²) in [5, 5.41) is 4.34. The van der Waals surface area contributed by atoms with Gasteiger partial charge in [-0.05, 0) is 29.7 Å². The molecule has 29 heavy (non-hydrogen) atoms. The van der Waals surface area contributed by atoms with Crippen molar-refractivity contribution in [3.63, 3.8) is 0 Å². The topological polar surface area (TPSA) is 82.5 Å². The lowest BCUT2D eigenvalue weighted by atomic mass is 10.1. The molecule has 3 aromatic rings. The number of nitrogens with zero attached hydrogens (tertiary/aromatic N) is 2. The second-order valence-electron chi connectivity index (χ2n) is 6.84. The van der Waals surface area contributed by atoms with Crippen molar-refractivity contribution < 1.29 is 17.9 Å². The number of aromatic nitrogens is 2. The lowest BCUT2D eigenvalue weighted by molar-refractivity contribution is 0.390. The van der Waals surface area contributed by atoms with Crippen LogP contribution in [0.5, 0.6) is 11.5 Å². The molecule has 1 N–H and O–H groups in total. The Morgan fingerprint density at radius 3 is 2.52 bits per heavy atom. The maximum absolute atomic E-state index is 13.0. The van der Waals surface area contributed by atoms with Gasteiger partial charge in [0.15, 0.2) is 0 Å². The zero-order valence-electron chi connectivity index (χ0n) is 16.9. The average molecular weight is 416 g/mol. The molecule has 0 aliphatic carbocycles. The average Bonchev–Trinajstić information content (AvgIpc) is 3.22. The van der Waals surface area contributed by atoms with Crippen molar-refractivity contribution in [1.29, 1.82) is 0 Å². The largest absolute Gasteiger partial charge is 0.497 e. The molecule has 2 aromatic carbocycles. The first kappa shape index (κ1) is 20.9. The molecule has 0 saturated carbocycles. The van der Waals surface area contributed by atoms with Crippen LogP contribution in [-0.4, -0.2) is 32.4 Å². The van der Waals surface area contributed by atoms with Gasteiger partial charge < -0.3 is 9.47 Å². The van der Waals surface area contributed by atoms with E-state index in [2.05, 4.69) is 23.7 Å². The van der Waals surface area contributed by atoms with E-state index >= 15 is 0 Å². The molecular weight excluding hydrogens is 390 g/mol. The number of nitrogens with one attached hydrogen (secondary N) is 1. The maximum Gasteiger partial charge on any atom is 0.243 e. The standard InChI is InChI=1S/C21H25N3O4S/c1-15(2)17-12-22-24(14-17)19-7-5-6-8-21(19)29(25,26)23-13-16-9-10-18(27-3)11-20(16)28-4/h5-12,14-15,23H,13H2,1-4H3. The minimum Gasteiger partial charge on any atom is -0.497 e. The van der Waals surface area contributed by atoms with Crippen LogP contribution in [0.1, 0.15) is 30.9 Å². The summed E-state index contributed by atoms with van der Waals surface area (Å²) in [4.78, 5) is 0.158. The molecular formula is C21H25N3O4S. The fourth-order valence-electron chi connectivity index (χ4n) is 2.89. The molecule has 7 nitrogen and oxygen atoms in total. The van der Waals surface area contributed by atoms with Crippen LogP contribution < -0.4 is 14.2 Å². The Kier molecular flexibility index (Phi) is 6.24. The van der Waals surface area contributed by atoms with E-state index in [1.54, 1.807) is 60.5 Å². The highest BCUT2D eigenvalue weighted by Gasteiger charge is 2.20. The molecule has 1 heterocycles. The smallest absolute Gasteiger partial charge is 0.243 e. The minimum atomic E-state index is -3.79. The van der Waals surface area contributed by atoms with Crippen molar-refractivity contribution in [2.24, 2.45) is 0 Å². The Balaban J connectivity index is 1.89. The zero-order valence-corrected chi connectivity index (χ0v) is 17.7. The molecule has 0 saturated heterocycles. The van der Waals surface area contributed by atoms with Gasteiger partial charge in [0.25, 0.3) is 0 Å². The van der Waals surface area contributed by atoms with Gasteiger partial charge in [-0.1, -0.05) is 32.0 Å². The van der Waals surface area contributed by atoms with E-state index in [4.69, 9.17) is 9.47 Å². The SMILES string of the molecule is COc1ccc(CNS(=O)(=O)c2ccccc2-n2cc(C(C)C)cn2)c(OC)c1. The van der Waals surface area contributed by atoms with Crippen LogP contribution in [0, 0.1) is 0 Å².